The van der Waals surface area contributed by atoms with Crippen molar-refractivity contribution in [3.05, 3.63) is 82.9 Å². The molecule has 0 saturated heterocycles. The first-order chi connectivity index (χ1) is 17.0. The quantitative estimate of drug-likeness (QED) is 0.260. The number of hydrogen-bond donors (Lipinski definition) is 1. The summed E-state index contributed by atoms with van der Waals surface area (Å²) < 4.78 is 51.6. The van der Waals surface area contributed by atoms with Crippen LogP contribution in [0.3, 0.4) is 0 Å². The molecule has 3 aromatic rings. The van der Waals surface area contributed by atoms with Crippen LogP contribution in [-0.2, 0) is 17.4 Å². The Morgan fingerprint density at radius 3 is 2.36 bits per heavy atom. The van der Waals surface area contributed by atoms with E-state index in [4.69, 9.17) is 14.6 Å². The Morgan fingerprint density at radius 1 is 1.00 bits per heavy atom. The van der Waals surface area contributed by atoms with Crippen molar-refractivity contribution in [1.82, 2.24) is 0 Å². The van der Waals surface area contributed by atoms with Gasteiger partial charge < -0.3 is 14.6 Å². The van der Waals surface area contributed by atoms with E-state index in [9.17, 15) is 18.0 Å². The zero-order chi connectivity index (χ0) is 26.3. The molecule has 0 spiro atoms. The molecule has 0 aliphatic carbocycles. The van der Waals surface area contributed by atoms with Crippen molar-refractivity contribution in [2.24, 2.45) is 0 Å². The highest BCUT2D eigenvalue weighted by molar-refractivity contribution is 7.99. The Bertz CT molecular complexity index is 1180. The first-order valence-electron chi connectivity index (χ1n) is 11.6. The van der Waals surface area contributed by atoms with Gasteiger partial charge in [-0.15, -0.1) is 11.8 Å². The zero-order valence-electron chi connectivity index (χ0n) is 20.4. The average Bonchev–Trinajstić information content (AvgIpc) is 2.80. The highest BCUT2D eigenvalue weighted by atomic mass is 32.2. The van der Waals surface area contributed by atoms with Crippen molar-refractivity contribution >= 4 is 17.7 Å². The summed E-state index contributed by atoms with van der Waals surface area (Å²) in [6.07, 6.45) is -3.49. The van der Waals surface area contributed by atoms with Gasteiger partial charge in [0.25, 0.3) is 0 Å². The van der Waals surface area contributed by atoms with E-state index in [1.807, 2.05) is 51.1 Å². The third-order valence-electron chi connectivity index (χ3n) is 5.56. The summed E-state index contributed by atoms with van der Waals surface area (Å²) in [5, 5.41) is 8.87. The molecule has 0 bridgehead atoms. The van der Waals surface area contributed by atoms with E-state index >= 15 is 0 Å². The highest BCUT2D eigenvalue weighted by Gasteiger charge is 2.31. The molecule has 36 heavy (non-hydrogen) atoms. The lowest BCUT2D eigenvalue weighted by atomic mass is 10.0. The fraction of sp³-hybridized carbons (Fsp3) is 0.321. The Kier molecular flexibility index (Phi) is 9.31. The molecule has 4 nitrogen and oxygen atoms in total. The first kappa shape index (κ1) is 27.5. The highest BCUT2D eigenvalue weighted by Crippen LogP contribution is 2.39. The number of aryl methyl sites for hydroxylation is 3. The maximum atomic E-state index is 13.3. The van der Waals surface area contributed by atoms with E-state index in [1.165, 1.54) is 6.07 Å². The van der Waals surface area contributed by atoms with E-state index in [0.29, 0.717) is 18.6 Å². The minimum atomic E-state index is -4.49. The van der Waals surface area contributed by atoms with Crippen LogP contribution in [0.2, 0.25) is 0 Å². The number of rotatable bonds is 11. The summed E-state index contributed by atoms with van der Waals surface area (Å²) >= 11 is 1.64. The standard InChI is InChI=1S/C28H29F3O4S/c1-18-4-9-23(10-5-18)35-26-17-22(28(29,30)31)8-12-25(26)34-20(3)14-15-36-24-11-6-21(19(2)16-24)7-13-27(32)33/h4-6,8-12,16-17,20H,7,13-15H2,1-3H3,(H,32,33)/t20-/m1/s1. The summed E-state index contributed by atoms with van der Waals surface area (Å²) in [6.45, 7) is 5.75. The zero-order valence-corrected chi connectivity index (χ0v) is 21.2. The molecule has 0 aliphatic heterocycles. The van der Waals surface area contributed by atoms with Gasteiger partial charge >= 0.3 is 12.1 Å². The van der Waals surface area contributed by atoms with Gasteiger partial charge in [-0.25, -0.2) is 0 Å². The number of halogens is 3. The lowest BCUT2D eigenvalue weighted by Gasteiger charge is -2.19. The molecule has 1 atom stereocenters. The van der Waals surface area contributed by atoms with Gasteiger partial charge in [-0.2, -0.15) is 13.2 Å². The van der Waals surface area contributed by atoms with Gasteiger partial charge in [-0.1, -0.05) is 23.8 Å². The van der Waals surface area contributed by atoms with Gasteiger partial charge in [0.05, 0.1) is 11.7 Å². The van der Waals surface area contributed by atoms with Gasteiger partial charge in [0.1, 0.15) is 5.75 Å². The topological polar surface area (TPSA) is 55.8 Å². The number of thioether (sulfide) groups is 1. The molecule has 1 N–H and O–H groups in total. The number of hydrogen-bond acceptors (Lipinski definition) is 4. The second kappa shape index (κ2) is 12.2. The van der Waals surface area contributed by atoms with Crippen molar-refractivity contribution in [3.8, 4) is 17.2 Å². The Morgan fingerprint density at radius 2 is 1.72 bits per heavy atom. The Labute approximate surface area is 213 Å². The molecule has 0 saturated carbocycles. The molecule has 0 heterocycles. The van der Waals surface area contributed by atoms with Gasteiger partial charge in [-0.3, -0.25) is 4.79 Å². The molecular formula is C28H29F3O4S. The van der Waals surface area contributed by atoms with Crippen molar-refractivity contribution in [2.75, 3.05) is 5.75 Å². The smallest absolute Gasteiger partial charge is 0.416 e. The normalized spacial score (nSPS) is 12.3. The van der Waals surface area contributed by atoms with Gasteiger partial charge in [0, 0.05) is 17.1 Å². The predicted molar refractivity (Wildman–Crippen MR) is 135 cm³/mol. The number of aliphatic carboxylic acids is 1. The van der Waals surface area contributed by atoms with Crippen LogP contribution in [0.1, 0.15) is 42.0 Å². The summed E-state index contributed by atoms with van der Waals surface area (Å²) in [5.74, 6) is 0.613. The van der Waals surface area contributed by atoms with Crippen LogP contribution in [-0.4, -0.2) is 22.9 Å². The van der Waals surface area contributed by atoms with Crippen LogP contribution < -0.4 is 9.47 Å². The van der Waals surface area contributed by atoms with E-state index in [0.717, 1.165) is 39.5 Å². The summed E-state index contributed by atoms with van der Waals surface area (Å²) in [5.41, 5.74) is 2.27. The van der Waals surface area contributed by atoms with Crippen molar-refractivity contribution < 1.29 is 32.5 Å². The SMILES string of the molecule is Cc1ccc(Oc2cc(C(F)(F)F)ccc2O[C@H](C)CCSc2ccc(CCC(=O)O)c(C)c2)cc1. The minimum Gasteiger partial charge on any atom is -0.487 e. The van der Waals surface area contributed by atoms with Crippen LogP contribution in [0.5, 0.6) is 17.2 Å². The number of carboxylic acids is 1. The number of benzene rings is 3. The van der Waals surface area contributed by atoms with E-state index < -0.39 is 17.7 Å². The van der Waals surface area contributed by atoms with E-state index in [2.05, 4.69) is 0 Å². The van der Waals surface area contributed by atoms with Crippen LogP contribution in [0.4, 0.5) is 13.2 Å². The largest absolute Gasteiger partial charge is 0.487 e. The Hall–Kier alpha value is -3.13. The van der Waals surface area contributed by atoms with Crippen molar-refractivity contribution in [1.29, 1.82) is 0 Å². The molecule has 3 rings (SSSR count). The number of alkyl halides is 3. The maximum Gasteiger partial charge on any atom is 0.416 e. The summed E-state index contributed by atoms with van der Waals surface area (Å²) in [4.78, 5) is 11.9. The molecule has 0 unspecified atom stereocenters. The molecule has 0 aromatic heterocycles. The van der Waals surface area contributed by atoms with Gasteiger partial charge in [0.2, 0.25) is 0 Å². The number of carbonyl (C=O) groups is 1. The molecule has 0 fully saturated rings. The van der Waals surface area contributed by atoms with E-state index in [1.54, 1.807) is 23.9 Å². The number of carboxylic acid groups (broad SMARTS) is 1. The lowest BCUT2D eigenvalue weighted by molar-refractivity contribution is -0.138. The number of ether oxygens (including phenoxy) is 2. The van der Waals surface area contributed by atoms with Crippen LogP contribution in [0.15, 0.2) is 65.6 Å². The minimum absolute atomic E-state index is 0.0146. The van der Waals surface area contributed by atoms with Gasteiger partial charge in [-0.05, 0) is 87.2 Å². The van der Waals surface area contributed by atoms with Crippen LogP contribution in [0, 0.1) is 13.8 Å². The van der Waals surface area contributed by atoms with Crippen LogP contribution in [0.25, 0.3) is 0 Å². The Balaban J connectivity index is 1.63. The van der Waals surface area contributed by atoms with Crippen LogP contribution >= 0.6 is 11.8 Å². The molecule has 3 aromatic carbocycles. The second-order valence-corrected chi connectivity index (χ2v) is 9.79. The monoisotopic (exact) mass is 518 g/mol. The van der Waals surface area contributed by atoms with Crippen molar-refractivity contribution in [2.45, 2.75) is 57.2 Å². The molecule has 0 aliphatic rings. The second-order valence-electron chi connectivity index (χ2n) is 8.62. The molecule has 0 radical (unpaired) electrons. The predicted octanol–water partition coefficient (Wildman–Crippen LogP) is 8.08. The fourth-order valence-electron chi connectivity index (χ4n) is 3.49. The van der Waals surface area contributed by atoms with Gasteiger partial charge in [0.15, 0.2) is 11.5 Å². The summed E-state index contributed by atoms with van der Waals surface area (Å²) in [6, 6.07) is 16.3. The third kappa shape index (κ3) is 8.22. The van der Waals surface area contributed by atoms with Crippen molar-refractivity contribution in [3.63, 3.8) is 0 Å². The molecule has 0 amide bonds. The molecule has 192 valence electrons. The summed E-state index contributed by atoms with van der Waals surface area (Å²) in [7, 11) is 0. The lowest BCUT2D eigenvalue weighted by Crippen LogP contribution is -2.14. The maximum absolute atomic E-state index is 13.3. The molecular weight excluding hydrogens is 489 g/mol. The third-order valence-corrected chi connectivity index (χ3v) is 6.59. The first-order valence-corrected chi connectivity index (χ1v) is 12.6. The molecule has 8 heteroatoms. The van der Waals surface area contributed by atoms with E-state index in [-0.39, 0.29) is 24.0 Å². The average molecular weight is 519 g/mol. The fourth-order valence-corrected chi connectivity index (χ4v) is 4.60.